The van der Waals surface area contributed by atoms with E-state index in [1.807, 2.05) is 0 Å². The number of benzene rings is 1. The maximum absolute atomic E-state index is 11.9. The number of carboxylic acids is 1. The van der Waals surface area contributed by atoms with Crippen LogP contribution in [0.25, 0.3) is 0 Å². The maximum atomic E-state index is 11.9. The number of carbonyl (C=O) groups is 2. The van der Waals surface area contributed by atoms with Gasteiger partial charge in [0, 0.05) is 12.1 Å². The lowest BCUT2D eigenvalue weighted by Gasteiger charge is -2.20. The summed E-state index contributed by atoms with van der Waals surface area (Å²) in [6.45, 7) is 9.57. The molecule has 0 aliphatic rings. The van der Waals surface area contributed by atoms with Crippen molar-refractivity contribution in [3.63, 3.8) is 0 Å². The Morgan fingerprint density at radius 1 is 1.14 bits per heavy atom. The zero-order chi connectivity index (χ0) is 16.2. The highest BCUT2D eigenvalue weighted by Crippen LogP contribution is 2.25. The summed E-state index contributed by atoms with van der Waals surface area (Å²) in [6, 6.07) is 6.99. The number of hydrogen-bond acceptors (Lipinski definition) is 2. The van der Waals surface area contributed by atoms with E-state index in [1.54, 1.807) is 38.1 Å². The molecule has 116 valence electrons. The molecule has 0 aliphatic heterocycles. The Kier molecular flexibility index (Phi) is 5.53. The first-order valence-electron chi connectivity index (χ1n) is 7.28. The summed E-state index contributed by atoms with van der Waals surface area (Å²) < 4.78 is 0. The van der Waals surface area contributed by atoms with E-state index in [0.29, 0.717) is 29.5 Å². The second-order valence-corrected chi connectivity index (χ2v) is 6.48. The third kappa shape index (κ3) is 4.59. The number of aliphatic carboxylic acids is 1. The second-order valence-electron chi connectivity index (χ2n) is 6.48. The van der Waals surface area contributed by atoms with Crippen LogP contribution in [0.3, 0.4) is 0 Å². The van der Waals surface area contributed by atoms with E-state index in [2.05, 4.69) is 26.1 Å². The quantitative estimate of drug-likeness (QED) is 0.840. The number of carboxylic acid groups (broad SMARTS) is 1. The lowest BCUT2D eigenvalue weighted by molar-refractivity contribution is -0.142. The summed E-state index contributed by atoms with van der Waals surface area (Å²) in [5, 5.41) is 12.0. The van der Waals surface area contributed by atoms with Gasteiger partial charge in [-0.25, -0.2) is 0 Å². The molecule has 0 saturated carbocycles. The van der Waals surface area contributed by atoms with E-state index in [9.17, 15) is 14.7 Å². The molecule has 0 radical (unpaired) electrons. The third-order valence-electron chi connectivity index (χ3n) is 4.07. The summed E-state index contributed by atoms with van der Waals surface area (Å²) in [5.41, 5.74) is 0.471. The van der Waals surface area contributed by atoms with Gasteiger partial charge in [0.05, 0.1) is 5.41 Å². The summed E-state index contributed by atoms with van der Waals surface area (Å²) in [6.07, 6.45) is 0.486. The van der Waals surface area contributed by atoms with Crippen molar-refractivity contribution in [3.05, 3.63) is 29.8 Å². The highest BCUT2D eigenvalue weighted by molar-refractivity contribution is 5.91. The fourth-order valence-corrected chi connectivity index (χ4v) is 1.83. The normalized spacial score (nSPS) is 13.0. The van der Waals surface area contributed by atoms with Crippen LogP contribution in [0.1, 0.15) is 46.6 Å². The first kappa shape index (κ1) is 17.2. The van der Waals surface area contributed by atoms with Crippen molar-refractivity contribution in [3.8, 4) is 0 Å². The van der Waals surface area contributed by atoms with Gasteiger partial charge in [0.2, 0.25) is 5.91 Å². The Morgan fingerprint density at radius 3 is 2.10 bits per heavy atom. The number of anilines is 1. The predicted octanol–water partition coefficient (Wildman–Crippen LogP) is 3.67. The molecule has 0 aliphatic carbocycles. The fraction of sp³-hybridized carbons (Fsp3) is 0.529. The van der Waals surface area contributed by atoms with Crippen LogP contribution in [0.2, 0.25) is 0 Å². The zero-order valence-electron chi connectivity index (χ0n) is 13.4. The van der Waals surface area contributed by atoms with E-state index in [-0.39, 0.29) is 5.91 Å². The second kappa shape index (κ2) is 6.74. The molecule has 0 saturated heterocycles. The molecule has 0 fully saturated rings. The molecule has 1 atom stereocenters. The molecule has 2 N–H and O–H groups in total. The Bertz CT molecular complexity index is 503. The highest BCUT2D eigenvalue weighted by Gasteiger charge is 2.29. The van der Waals surface area contributed by atoms with E-state index in [4.69, 9.17) is 0 Å². The molecular weight excluding hydrogens is 266 g/mol. The number of nitrogens with one attached hydrogen (secondary N) is 1. The minimum absolute atomic E-state index is 0.0126. The van der Waals surface area contributed by atoms with Crippen LogP contribution < -0.4 is 5.32 Å². The van der Waals surface area contributed by atoms with Crippen molar-refractivity contribution in [2.75, 3.05) is 5.32 Å². The van der Waals surface area contributed by atoms with Crippen LogP contribution >= 0.6 is 0 Å². The molecule has 21 heavy (non-hydrogen) atoms. The van der Waals surface area contributed by atoms with Crippen LogP contribution in [0.4, 0.5) is 5.69 Å². The van der Waals surface area contributed by atoms with Crippen LogP contribution in [-0.4, -0.2) is 17.0 Å². The molecule has 1 aromatic carbocycles. The first-order chi connectivity index (χ1) is 9.64. The molecule has 0 heterocycles. The molecule has 1 aromatic rings. The smallest absolute Gasteiger partial charge is 0.313 e. The lowest BCUT2D eigenvalue weighted by atomic mass is 9.85. The molecule has 0 spiro atoms. The van der Waals surface area contributed by atoms with Gasteiger partial charge >= 0.3 is 5.97 Å². The number of rotatable bonds is 6. The van der Waals surface area contributed by atoms with Crippen molar-refractivity contribution in [2.24, 2.45) is 11.8 Å². The lowest BCUT2D eigenvalue weighted by Crippen LogP contribution is -2.28. The average Bonchev–Trinajstić information content (AvgIpc) is 2.38. The molecule has 1 rings (SSSR count). The SMILES string of the molecule is CC(C)C(C)CC(=O)Nc1ccc(C(C)(C)C(=O)O)cc1. The van der Waals surface area contributed by atoms with Crippen molar-refractivity contribution >= 4 is 17.6 Å². The van der Waals surface area contributed by atoms with E-state index in [1.165, 1.54) is 0 Å². The van der Waals surface area contributed by atoms with Gasteiger partial charge in [-0.1, -0.05) is 32.9 Å². The average molecular weight is 291 g/mol. The highest BCUT2D eigenvalue weighted by atomic mass is 16.4. The van der Waals surface area contributed by atoms with Crippen molar-refractivity contribution in [1.82, 2.24) is 0 Å². The van der Waals surface area contributed by atoms with Gasteiger partial charge in [-0.3, -0.25) is 9.59 Å². The number of hydrogen-bond donors (Lipinski definition) is 2. The Labute approximate surface area is 126 Å². The number of amides is 1. The van der Waals surface area contributed by atoms with Crippen LogP contribution in [0.5, 0.6) is 0 Å². The molecule has 4 nitrogen and oxygen atoms in total. The van der Waals surface area contributed by atoms with Crippen molar-refractivity contribution in [2.45, 2.75) is 46.5 Å². The fourth-order valence-electron chi connectivity index (χ4n) is 1.83. The first-order valence-corrected chi connectivity index (χ1v) is 7.28. The van der Waals surface area contributed by atoms with Crippen LogP contribution in [0.15, 0.2) is 24.3 Å². The molecule has 0 bridgehead atoms. The van der Waals surface area contributed by atoms with Crippen molar-refractivity contribution in [1.29, 1.82) is 0 Å². The molecular formula is C17H25NO3. The largest absolute Gasteiger partial charge is 0.481 e. The standard InChI is InChI=1S/C17H25NO3/c1-11(2)12(3)10-15(19)18-14-8-6-13(7-9-14)17(4,5)16(20)21/h6-9,11-12H,10H2,1-5H3,(H,18,19)(H,20,21). The van der Waals surface area contributed by atoms with Crippen molar-refractivity contribution < 1.29 is 14.7 Å². The minimum atomic E-state index is -0.936. The third-order valence-corrected chi connectivity index (χ3v) is 4.07. The van der Waals surface area contributed by atoms with Gasteiger partial charge in [-0.05, 0) is 43.4 Å². The zero-order valence-corrected chi connectivity index (χ0v) is 13.4. The molecule has 0 aromatic heterocycles. The van der Waals surface area contributed by atoms with Gasteiger partial charge in [0.25, 0.3) is 0 Å². The summed E-state index contributed by atoms with van der Waals surface area (Å²) in [5.74, 6) is -0.0869. The summed E-state index contributed by atoms with van der Waals surface area (Å²) >= 11 is 0. The Balaban J connectivity index is 2.71. The maximum Gasteiger partial charge on any atom is 0.313 e. The minimum Gasteiger partial charge on any atom is -0.481 e. The Morgan fingerprint density at radius 2 is 1.67 bits per heavy atom. The summed E-state index contributed by atoms with van der Waals surface area (Å²) in [7, 11) is 0. The van der Waals surface area contributed by atoms with Gasteiger partial charge in [0.1, 0.15) is 0 Å². The van der Waals surface area contributed by atoms with Crippen LogP contribution in [-0.2, 0) is 15.0 Å². The van der Waals surface area contributed by atoms with Gasteiger partial charge in [0.15, 0.2) is 0 Å². The van der Waals surface area contributed by atoms with Crippen LogP contribution in [0, 0.1) is 11.8 Å². The molecule has 4 heteroatoms. The van der Waals surface area contributed by atoms with Gasteiger partial charge in [-0.2, -0.15) is 0 Å². The summed E-state index contributed by atoms with van der Waals surface area (Å²) in [4.78, 5) is 23.1. The van der Waals surface area contributed by atoms with Gasteiger partial charge < -0.3 is 10.4 Å². The molecule has 1 amide bonds. The Hall–Kier alpha value is -1.84. The molecule has 1 unspecified atom stereocenters. The monoisotopic (exact) mass is 291 g/mol. The van der Waals surface area contributed by atoms with E-state index in [0.717, 1.165) is 0 Å². The van der Waals surface area contributed by atoms with Gasteiger partial charge in [-0.15, -0.1) is 0 Å². The van der Waals surface area contributed by atoms with E-state index >= 15 is 0 Å². The predicted molar refractivity (Wildman–Crippen MR) is 84.4 cm³/mol. The van der Waals surface area contributed by atoms with E-state index < -0.39 is 11.4 Å². The topological polar surface area (TPSA) is 66.4 Å². The number of carbonyl (C=O) groups excluding carboxylic acids is 1.